The van der Waals surface area contributed by atoms with Gasteiger partial charge in [0.1, 0.15) is 0 Å². The van der Waals surface area contributed by atoms with E-state index in [-0.39, 0.29) is 0 Å². The molecule has 1 aliphatic heterocycles. The van der Waals surface area contributed by atoms with Crippen LogP contribution in [0.15, 0.2) is 47.0 Å². The summed E-state index contributed by atoms with van der Waals surface area (Å²) in [7, 11) is 0. The Hall–Kier alpha value is -0.860. The van der Waals surface area contributed by atoms with Gasteiger partial charge in [-0.05, 0) is 50.3 Å². The summed E-state index contributed by atoms with van der Waals surface area (Å²) in [4.78, 5) is 0. The highest BCUT2D eigenvalue weighted by Gasteiger charge is 2.27. The van der Waals surface area contributed by atoms with Gasteiger partial charge in [0.2, 0.25) is 0 Å². The predicted octanol–water partition coefficient (Wildman–Crippen LogP) is 4.94. The molecule has 2 heteroatoms. The van der Waals surface area contributed by atoms with Crippen molar-refractivity contribution in [1.82, 2.24) is 5.32 Å². The van der Waals surface area contributed by atoms with Gasteiger partial charge in [0.05, 0.1) is 0 Å². The Bertz CT molecular complexity index is 504. The molecule has 1 N–H and O–H groups in total. The zero-order chi connectivity index (χ0) is 14.0. The number of rotatable bonds is 4. The lowest BCUT2D eigenvalue weighted by Gasteiger charge is -2.34. The Morgan fingerprint density at radius 1 is 1.26 bits per heavy atom. The molecule has 0 saturated heterocycles. The second-order valence-corrected chi connectivity index (χ2v) is 6.60. The molecule has 1 aromatic carbocycles. The SMILES string of the molecule is C=C(C)C[C@@H]1Cc2c(Br)cccc2[C@@H](CC(=C)C)N1. The van der Waals surface area contributed by atoms with E-state index in [1.807, 2.05) is 0 Å². The molecule has 0 unspecified atom stereocenters. The van der Waals surface area contributed by atoms with Gasteiger partial charge in [-0.1, -0.05) is 39.2 Å². The van der Waals surface area contributed by atoms with Crippen LogP contribution in [0.25, 0.3) is 0 Å². The van der Waals surface area contributed by atoms with Crippen LogP contribution >= 0.6 is 15.9 Å². The standard InChI is InChI=1S/C17H22BrN/c1-11(2)8-13-10-15-14(6-5-7-16(15)18)17(19-13)9-12(3)4/h5-7,13,17,19H,1,3,8-10H2,2,4H3/t13-,17-/m1/s1. The minimum atomic E-state index is 0.378. The first-order valence-electron chi connectivity index (χ1n) is 6.79. The zero-order valence-corrected chi connectivity index (χ0v) is 13.4. The molecule has 0 amide bonds. The summed E-state index contributed by atoms with van der Waals surface area (Å²) in [5.74, 6) is 0. The normalized spacial score (nSPS) is 21.8. The first kappa shape index (κ1) is 14.5. The van der Waals surface area contributed by atoms with Gasteiger partial charge in [0.25, 0.3) is 0 Å². The molecule has 2 atom stereocenters. The van der Waals surface area contributed by atoms with E-state index < -0.39 is 0 Å². The number of hydrogen-bond donors (Lipinski definition) is 1. The molecular weight excluding hydrogens is 298 g/mol. The first-order chi connectivity index (χ1) is 8.97. The molecule has 1 heterocycles. The molecule has 2 rings (SSSR count). The van der Waals surface area contributed by atoms with Crippen molar-refractivity contribution in [1.29, 1.82) is 0 Å². The lowest BCUT2D eigenvalue weighted by Crippen LogP contribution is -2.39. The van der Waals surface area contributed by atoms with Crippen molar-refractivity contribution in [2.24, 2.45) is 0 Å². The molecule has 19 heavy (non-hydrogen) atoms. The smallest absolute Gasteiger partial charge is 0.0363 e. The average Bonchev–Trinajstić information content (AvgIpc) is 2.29. The summed E-state index contributed by atoms with van der Waals surface area (Å²) in [6.45, 7) is 12.3. The Balaban J connectivity index is 2.31. The van der Waals surface area contributed by atoms with E-state index in [0.29, 0.717) is 12.1 Å². The van der Waals surface area contributed by atoms with Gasteiger partial charge < -0.3 is 5.32 Å². The molecule has 102 valence electrons. The van der Waals surface area contributed by atoms with Crippen LogP contribution < -0.4 is 5.32 Å². The predicted molar refractivity (Wildman–Crippen MR) is 86.4 cm³/mol. The lowest BCUT2D eigenvalue weighted by molar-refractivity contribution is 0.396. The highest BCUT2D eigenvalue weighted by atomic mass is 79.9. The van der Waals surface area contributed by atoms with E-state index >= 15 is 0 Å². The summed E-state index contributed by atoms with van der Waals surface area (Å²) in [5, 5.41) is 3.76. The van der Waals surface area contributed by atoms with Gasteiger partial charge in [-0.15, -0.1) is 13.2 Å². The quantitative estimate of drug-likeness (QED) is 0.775. The fraction of sp³-hybridized carbons (Fsp3) is 0.412. The summed E-state index contributed by atoms with van der Waals surface area (Å²) < 4.78 is 1.23. The molecular formula is C17H22BrN. The fourth-order valence-corrected chi connectivity index (χ4v) is 3.41. The van der Waals surface area contributed by atoms with Crippen LogP contribution in [0.1, 0.15) is 43.9 Å². The van der Waals surface area contributed by atoms with Crippen molar-refractivity contribution in [3.63, 3.8) is 0 Å². The van der Waals surface area contributed by atoms with E-state index in [1.165, 1.54) is 26.7 Å². The molecule has 0 bridgehead atoms. The van der Waals surface area contributed by atoms with Crippen molar-refractivity contribution >= 4 is 15.9 Å². The summed E-state index contributed by atoms with van der Waals surface area (Å²) in [6.07, 6.45) is 3.10. The van der Waals surface area contributed by atoms with Crippen molar-refractivity contribution in [3.05, 3.63) is 58.1 Å². The topological polar surface area (TPSA) is 12.0 Å². The fourth-order valence-electron chi connectivity index (χ4n) is 2.87. The maximum absolute atomic E-state index is 4.06. The maximum Gasteiger partial charge on any atom is 0.0363 e. The van der Waals surface area contributed by atoms with Crippen LogP contribution in [0.2, 0.25) is 0 Å². The van der Waals surface area contributed by atoms with Crippen molar-refractivity contribution in [2.75, 3.05) is 0 Å². The van der Waals surface area contributed by atoms with E-state index in [4.69, 9.17) is 0 Å². The van der Waals surface area contributed by atoms with Crippen LogP contribution in [0.4, 0.5) is 0 Å². The third-order valence-corrected chi connectivity index (χ3v) is 4.31. The molecule has 0 aromatic heterocycles. The molecule has 0 aliphatic carbocycles. The largest absolute Gasteiger partial charge is 0.306 e. The third-order valence-electron chi connectivity index (χ3n) is 3.57. The van der Waals surface area contributed by atoms with Crippen molar-refractivity contribution < 1.29 is 0 Å². The number of fused-ring (bicyclic) bond motifs is 1. The Morgan fingerprint density at radius 2 is 1.95 bits per heavy atom. The van der Waals surface area contributed by atoms with Gasteiger partial charge in [0, 0.05) is 16.6 Å². The van der Waals surface area contributed by atoms with E-state index in [1.54, 1.807) is 0 Å². The highest BCUT2D eigenvalue weighted by molar-refractivity contribution is 9.10. The van der Waals surface area contributed by atoms with Gasteiger partial charge in [-0.3, -0.25) is 0 Å². The number of nitrogens with one attached hydrogen (secondary N) is 1. The van der Waals surface area contributed by atoms with Crippen LogP contribution in [0, 0.1) is 0 Å². The second-order valence-electron chi connectivity index (χ2n) is 5.75. The number of hydrogen-bond acceptors (Lipinski definition) is 1. The van der Waals surface area contributed by atoms with Gasteiger partial charge in [-0.2, -0.15) is 0 Å². The third kappa shape index (κ3) is 3.58. The van der Waals surface area contributed by atoms with E-state index in [0.717, 1.165) is 19.3 Å². The molecule has 0 fully saturated rings. The molecule has 0 saturated carbocycles. The molecule has 0 radical (unpaired) electrons. The minimum absolute atomic E-state index is 0.378. The molecule has 1 nitrogen and oxygen atoms in total. The maximum atomic E-state index is 4.06. The van der Waals surface area contributed by atoms with E-state index in [9.17, 15) is 0 Å². The summed E-state index contributed by atoms with van der Waals surface area (Å²) in [5.41, 5.74) is 5.32. The zero-order valence-electron chi connectivity index (χ0n) is 11.8. The van der Waals surface area contributed by atoms with Crippen LogP contribution in [-0.2, 0) is 6.42 Å². The van der Waals surface area contributed by atoms with Crippen molar-refractivity contribution in [2.45, 2.75) is 45.2 Å². The Kier molecular flexibility index (Phi) is 4.64. The van der Waals surface area contributed by atoms with Crippen LogP contribution in [0.5, 0.6) is 0 Å². The average molecular weight is 320 g/mol. The van der Waals surface area contributed by atoms with Crippen LogP contribution in [-0.4, -0.2) is 6.04 Å². The van der Waals surface area contributed by atoms with Gasteiger partial charge in [0.15, 0.2) is 0 Å². The molecule has 0 spiro atoms. The highest BCUT2D eigenvalue weighted by Crippen LogP contribution is 2.34. The Labute approximate surface area is 124 Å². The van der Waals surface area contributed by atoms with Crippen LogP contribution in [0.3, 0.4) is 0 Å². The summed E-state index contributed by atoms with van der Waals surface area (Å²) in [6, 6.07) is 7.35. The number of benzene rings is 1. The molecule has 1 aliphatic rings. The van der Waals surface area contributed by atoms with Gasteiger partial charge in [-0.25, -0.2) is 0 Å². The van der Waals surface area contributed by atoms with Crippen molar-refractivity contribution in [3.8, 4) is 0 Å². The molecule has 1 aromatic rings. The Morgan fingerprint density at radius 3 is 2.58 bits per heavy atom. The second kappa shape index (κ2) is 6.06. The monoisotopic (exact) mass is 319 g/mol. The summed E-state index contributed by atoms with van der Waals surface area (Å²) >= 11 is 3.70. The minimum Gasteiger partial charge on any atom is -0.306 e. The lowest BCUT2D eigenvalue weighted by atomic mass is 9.86. The van der Waals surface area contributed by atoms with Gasteiger partial charge >= 0.3 is 0 Å². The first-order valence-corrected chi connectivity index (χ1v) is 7.58. The number of halogens is 1. The van der Waals surface area contributed by atoms with E-state index in [2.05, 4.69) is 66.5 Å².